The molecule has 0 bridgehead atoms. The quantitative estimate of drug-likeness (QED) is 0.766. The van der Waals surface area contributed by atoms with Crippen LogP contribution in [0.25, 0.3) is 12.2 Å². The minimum absolute atomic E-state index is 0.694. The second kappa shape index (κ2) is 5.11. The van der Waals surface area contributed by atoms with Crippen LogP contribution in [0.1, 0.15) is 10.4 Å². The van der Waals surface area contributed by atoms with Crippen LogP contribution >= 0.6 is 11.3 Å². The summed E-state index contributed by atoms with van der Waals surface area (Å²) in [5, 5.41) is 18.6. The summed E-state index contributed by atoms with van der Waals surface area (Å²) in [5.41, 5.74) is 0.694. The van der Waals surface area contributed by atoms with Gasteiger partial charge in [0.05, 0.1) is 0 Å². The van der Waals surface area contributed by atoms with E-state index in [0.29, 0.717) is 5.56 Å². The van der Waals surface area contributed by atoms with Gasteiger partial charge in [-0.2, -0.15) is 0 Å². The molecule has 0 atom stereocenters. The summed E-state index contributed by atoms with van der Waals surface area (Å²) in [6.07, 6.45) is 4.90. The Morgan fingerprint density at radius 3 is 2.33 bits per heavy atom. The van der Waals surface area contributed by atoms with Crippen molar-refractivity contribution in [1.29, 1.82) is 0 Å². The minimum atomic E-state index is -1.03. The van der Waals surface area contributed by atoms with E-state index < -0.39 is 11.9 Å². The van der Waals surface area contributed by atoms with Gasteiger partial charge in [-0.1, -0.05) is 0 Å². The van der Waals surface area contributed by atoms with Gasteiger partial charge in [0.2, 0.25) is 0 Å². The van der Waals surface area contributed by atoms with Gasteiger partial charge in [0.1, 0.15) is 0 Å². The Labute approximate surface area is 89.8 Å². The van der Waals surface area contributed by atoms with E-state index in [2.05, 4.69) is 0 Å². The number of aliphatic carboxylic acids is 2. The molecule has 2 N–H and O–H groups in total. The highest BCUT2D eigenvalue weighted by molar-refractivity contribution is 7.11. The lowest BCUT2D eigenvalue weighted by Crippen LogP contribution is -1.86. The average molecular weight is 224 g/mol. The van der Waals surface area contributed by atoms with E-state index >= 15 is 0 Å². The van der Waals surface area contributed by atoms with Crippen molar-refractivity contribution in [3.8, 4) is 0 Å². The van der Waals surface area contributed by atoms with Crippen LogP contribution < -0.4 is 0 Å². The molecular formula is C10H8O4S. The molecule has 0 aliphatic rings. The lowest BCUT2D eigenvalue weighted by atomic mass is 10.2. The Morgan fingerprint density at radius 1 is 1.13 bits per heavy atom. The van der Waals surface area contributed by atoms with E-state index in [4.69, 9.17) is 10.2 Å². The first kappa shape index (κ1) is 11.2. The molecule has 78 valence electrons. The lowest BCUT2D eigenvalue weighted by molar-refractivity contribution is -0.132. The Morgan fingerprint density at radius 2 is 1.73 bits per heavy atom. The predicted molar refractivity (Wildman–Crippen MR) is 57.7 cm³/mol. The highest BCUT2D eigenvalue weighted by atomic mass is 32.1. The molecule has 0 amide bonds. The van der Waals surface area contributed by atoms with Crippen LogP contribution in [0.4, 0.5) is 0 Å². The standard InChI is InChI=1S/C10H8O4S/c11-9(12)3-1-7-5-6-15-8(7)2-4-10(13)14/h1-6H,(H,11,12)(H,13,14)/b3-1+,4-2+. The van der Waals surface area contributed by atoms with E-state index in [1.807, 2.05) is 0 Å². The van der Waals surface area contributed by atoms with Crippen LogP contribution in [0.3, 0.4) is 0 Å². The maximum absolute atomic E-state index is 10.3. The van der Waals surface area contributed by atoms with Gasteiger partial charge in [-0.05, 0) is 29.2 Å². The molecule has 0 unspecified atom stereocenters. The minimum Gasteiger partial charge on any atom is -0.478 e. The molecule has 0 saturated carbocycles. The molecule has 0 aromatic carbocycles. The van der Waals surface area contributed by atoms with Gasteiger partial charge in [0.15, 0.2) is 0 Å². The third-order valence-electron chi connectivity index (χ3n) is 1.51. The zero-order valence-corrected chi connectivity index (χ0v) is 8.40. The molecule has 1 rings (SSSR count). The summed E-state index contributed by atoms with van der Waals surface area (Å²) in [4.78, 5) is 21.3. The summed E-state index contributed by atoms with van der Waals surface area (Å²) < 4.78 is 0. The molecule has 0 aliphatic carbocycles. The first-order valence-electron chi connectivity index (χ1n) is 3.99. The van der Waals surface area contributed by atoms with Gasteiger partial charge in [0.25, 0.3) is 0 Å². The monoisotopic (exact) mass is 224 g/mol. The molecule has 0 aliphatic heterocycles. The number of carbonyl (C=O) groups is 2. The average Bonchev–Trinajstić information content (AvgIpc) is 2.58. The van der Waals surface area contributed by atoms with Crippen molar-refractivity contribution in [1.82, 2.24) is 0 Å². The van der Waals surface area contributed by atoms with Crippen LogP contribution in [-0.4, -0.2) is 22.2 Å². The molecule has 0 spiro atoms. The molecule has 1 heterocycles. The summed E-state index contributed by atoms with van der Waals surface area (Å²) in [5.74, 6) is -2.06. The second-order valence-electron chi connectivity index (χ2n) is 2.58. The van der Waals surface area contributed by atoms with Crippen molar-refractivity contribution >= 4 is 35.4 Å². The molecule has 1 aromatic heterocycles. The van der Waals surface area contributed by atoms with E-state index in [-0.39, 0.29) is 0 Å². The van der Waals surface area contributed by atoms with Crippen molar-refractivity contribution in [3.05, 3.63) is 34.0 Å². The first-order chi connectivity index (χ1) is 7.09. The van der Waals surface area contributed by atoms with Gasteiger partial charge in [-0.25, -0.2) is 9.59 Å². The zero-order valence-electron chi connectivity index (χ0n) is 7.58. The van der Waals surface area contributed by atoms with Gasteiger partial charge in [-0.15, -0.1) is 11.3 Å². The van der Waals surface area contributed by atoms with Gasteiger partial charge in [-0.3, -0.25) is 0 Å². The van der Waals surface area contributed by atoms with Gasteiger partial charge in [0, 0.05) is 17.0 Å². The van der Waals surface area contributed by atoms with Gasteiger partial charge < -0.3 is 10.2 Å². The molecule has 4 nitrogen and oxygen atoms in total. The molecule has 0 fully saturated rings. The second-order valence-corrected chi connectivity index (χ2v) is 3.53. The number of rotatable bonds is 4. The van der Waals surface area contributed by atoms with E-state index in [1.165, 1.54) is 23.5 Å². The number of carboxylic acid groups (broad SMARTS) is 2. The van der Waals surface area contributed by atoms with Crippen LogP contribution in [0.15, 0.2) is 23.6 Å². The maximum atomic E-state index is 10.3. The Hall–Kier alpha value is -1.88. The third-order valence-corrected chi connectivity index (χ3v) is 2.41. The van der Waals surface area contributed by atoms with Gasteiger partial charge >= 0.3 is 11.9 Å². The van der Waals surface area contributed by atoms with Crippen molar-refractivity contribution in [2.45, 2.75) is 0 Å². The highest BCUT2D eigenvalue weighted by Gasteiger charge is 1.98. The Kier molecular flexibility index (Phi) is 3.82. The number of hydrogen-bond donors (Lipinski definition) is 2. The Balaban J connectivity index is 2.87. The fraction of sp³-hybridized carbons (Fsp3) is 0. The van der Waals surface area contributed by atoms with Crippen LogP contribution in [-0.2, 0) is 9.59 Å². The number of carboxylic acids is 2. The summed E-state index contributed by atoms with van der Waals surface area (Å²) in [7, 11) is 0. The predicted octanol–water partition coefficient (Wildman–Crippen LogP) is 1.94. The molecule has 1 aromatic rings. The van der Waals surface area contributed by atoms with E-state index in [0.717, 1.165) is 17.0 Å². The normalized spacial score (nSPS) is 11.2. The largest absolute Gasteiger partial charge is 0.478 e. The SMILES string of the molecule is O=C(O)/C=C/c1ccsc1/C=C/C(=O)O. The van der Waals surface area contributed by atoms with E-state index in [1.54, 1.807) is 11.4 Å². The third kappa shape index (κ3) is 3.78. The van der Waals surface area contributed by atoms with Crippen molar-refractivity contribution in [3.63, 3.8) is 0 Å². The number of hydrogen-bond acceptors (Lipinski definition) is 3. The van der Waals surface area contributed by atoms with Crippen molar-refractivity contribution < 1.29 is 19.8 Å². The lowest BCUT2D eigenvalue weighted by Gasteiger charge is -1.89. The molecule has 5 heteroatoms. The van der Waals surface area contributed by atoms with Crippen LogP contribution in [0.5, 0.6) is 0 Å². The van der Waals surface area contributed by atoms with Crippen molar-refractivity contribution in [2.75, 3.05) is 0 Å². The smallest absolute Gasteiger partial charge is 0.328 e. The summed E-state index contributed by atoms with van der Waals surface area (Å²) in [6.45, 7) is 0. The fourth-order valence-corrected chi connectivity index (χ4v) is 1.69. The topological polar surface area (TPSA) is 74.6 Å². The molecule has 0 radical (unpaired) electrons. The summed E-state index contributed by atoms with van der Waals surface area (Å²) in [6, 6.07) is 1.73. The summed E-state index contributed by atoms with van der Waals surface area (Å²) >= 11 is 1.35. The maximum Gasteiger partial charge on any atom is 0.328 e. The zero-order chi connectivity index (χ0) is 11.3. The van der Waals surface area contributed by atoms with E-state index in [9.17, 15) is 9.59 Å². The molecule has 15 heavy (non-hydrogen) atoms. The molecular weight excluding hydrogens is 216 g/mol. The highest BCUT2D eigenvalue weighted by Crippen LogP contribution is 2.19. The Bertz CT molecular complexity index is 390. The molecule has 0 saturated heterocycles. The van der Waals surface area contributed by atoms with Crippen molar-refractivity contribution in [2.24, 2.45) is 0 Å². The first-order valence-corrected chi connectivity index (χ1v) is 4.87. The number of thiophene rings is 1. The van der Waals surface area contributed by atoms with Crippen LogP contribution in [0, 0.1) is 0 Å². The fourth-order valence-electron chi connectivity index (χ4n) is 0.912. The van der Waals surface area contributed by atoms with Crippen LogP contribution in [0.2, 0.25) is 0 Å².